The van der Waals surface area contributed by atoms with E-state index < -0.39 is 0 Å². The van der Waals surface area contributed by atoms with Gasteiger partial charge in [-0.15, -0.1) is 0 Å². The number of hydrogen-bond acceptors (Lipinski definition) is 3. The highest BCUT2D eigenvalue weighted by Crippen LogP contribution is 2.03. The fraction of sp³-hybridized carbons (Fsp3) is 1.00. The molecule has 15 heavy (non-hydrogen) atoms. The van der Waals surface area contributed by atoms with Gasteiger partial charge in [-0.3, -0.25) is 0 Å². The molecule has 1 aliphatic heterocycles. The lowest BCUT2D eigenvalue weighted by molar-refractivity contribution is 0.190. The molecule has 1 saturated heterocycles. The van der Waals surface area contributed by atoms with Gasteiger partial charge in [0.1, 0.15) is 0 Å². The summed E-state index contributed by atoms with van der Waals surface area (Å²) in [6.07, 6.45) is 3.78. The summed E-state index contributed by atoms with van der Waals surface area (Å²) < 4.78 is 5.32. The van der Waals surface area contributed by atoms with E-state index in [0.717, 1.165) is 19.8 Å². The number of nitrogens with one attached hydrogen (secondary N) is 1. The van der Waals surface area contributed by atoms with E-state index in [1.807, 2.05) is 0 Å². The Morgan fingerprint density at radius 1 is 1.27 bits per heavy atom. The van der Waals surface area contributed by atoms with Crippen molar-refractivity contribution in [2.45, 2.75) is 39.2 Å². The molecule has 1 atom stereocenters. The molecule has 1 N–H and O–H groups in total. The van der Waals surface area contributed by atoms with Gasteiger partial charge in [-0.1, -0.05) is 13.8 Å². The smallest absolute Gasteiger partial charge is 0.0620 e. The van der Waals surface area contributed by atoms with Crippen molar-refractivity contribution in [3.05, 3.63) is 0 Å². The van der Waals surface area contributed by atoms with Crippen molar-refractivity contribution in [1.82, 2.24) is 10.2 Å². The van der Waals surface area contributed by atoms with Crippen LogP contribution in [0.25, 0.3) is 0 Å². The van der Waals surface area contributed by atoms with Crippen LogP contribution in [-0.4, -0.2) is 50.3 Å². The average Bonchev–Trinajstić information content (AvgIpc) is 2.76. The first-order valence-corrected chi connectivity index (χ1v) is 6.40. The summed E-state index contributed by atoms with van der Waals surface area (Å²) in [5.41, 5.74) is 0. The molecule has 90 valence electrons. The number of unbranched alkanes of at least 4 members (excludes halogenated alkanes) is 1. The van der Waals surface area contributed by atoms with Crippen molar-refractivity contribution in [1.29, 1.82) is 0 Å². The summed E-state index contributed by atoms with van der Waals surface area (Å²) in [5.74, 6) is 0. The highest BCUT2D eigenvalue weighted by molar-refractivity contribution is 4.70. The van der Waals surface area contributed by atoms with Gasteiger partial charge in [0, 0.05) is 12.6 Å². The summed E-state index contributed by atoms with van der Waals surface area (Å²) in [7, 11) is 0. The van der Waals surface area contributed by atoms with Gasteiger partial charge in [-0.2, -0.15) is 0 Å². The van der Waals surface area contributed by atoms with Crippen molar-refractivity contribution in [3.63, 3.8) is 0 Å². The maximum atomic E-state index is 5.32. The van der Waals surface area contributed by atoms with Gasteiger partial charge in [0.05, 0.1) is 6.61 Å². The van der Waals surface area contributed by atoms with Crippen LogP contribution < -0.4 is 5.32 Å². The van der Waals surface area contributed by atoms with E-state index in [9.17, 15) is 0 Å². The summed E-state index contributed by atoms with van der Waals surface area (Å²) >= 11 is 0. The summed E-state index contributed by atoms with van der Waals surface area (Å²) in [5, 5.41) is 3.55. The molecule has 1 heterocycles. The Morgan fingerprint density at radius 2 is 2.07 bits per heavy atom. The number of ether oxygens (including phenoxy) is 1. The molecule has 3 nitrogen and oxygen atoms in total. The molecule has 1 fully saturated rings. The fourth-order valence-corrected chi connectivity index (χ4v) is 2.00. The van der Waals surface area contributed by atoms with Gasteiger partial charge in [-0.05, 0) is 45.4 Å². The first-order valence-electron chi connectivity index (χ1n) is 6.40. The van der Waals surface area contributed by atoms with Crippen molar-refractivity contribution < 1.29 is 4.74 Å². The van der Waals surface area contributed by atoms with Crippen LogP contribution in [0.4, 0.5) is 0 Å². The van der Waals surface area contributed by atoms with Crippen LogP contribution in [-0.2, 0) is 4.74 Å². The molecule has 1 rings (SSSR count). The molecule has 1 aliphatic rings. The molecule has 0 radical (unpaired) electrons. The van der Waals surface area contributed by atoms with Gasteiger partial charge in [0.2, 0.25) is 0 Å². The first-order chi connectivity index (χ1) is 7.36. The zero-order chi connectivity index (χ0) is 10.9. The Bertz CT molecular complexity index is 139. The zero-order valence-corrected chi connectivity index (χ0v) is 10.3. The molecule has 0 aromatic rings. The lowest BCUT2D eigenvalue weighted by atomic mass is 10.2. The van der Waals surface area contributed by atoms with E-state index in [2.05, 4.69) is 24.1 Å². The minimum Gasteiger partial charge on any atom is -0.380 e. The molecule has 1 unspecified atom stereocenters. The van der Waals surface area contributed by atoms with Crippen LogP contribution in [0.2, 0.25) is 0 Å². The second-order valence-electron chi connectivity index (χ2n) is 4.25. The maximum Gasteiger partial charge on any atom is 0.0620 e. The second kappa shape index (κ2) is 8.08. The first kappa shape index (κ1) is 12.9. The largest absolute Gasteiger partial charge is 0.380 e. The van der Waals surface area contributed by atoms with E-state index in [4.69, 9.17) is 4.74 Å². The Kier molecular flexibility index (Phi) is 6.98. The Labute approximate surface area is 94.2 Å². The van der Waals surface area contributed by atoms with Crippen LogP contribution in [0.15, 0.2) is 0 Å². The number of hydrogen-bond donors (Lipinski definition) is 1. The van der Waals surface area contributed by atoms with E-state index in [-0.39, 0.29) is 0 Å². The zero-order valence-electron chi connectivity index (χ0n) is 10.3. The van der Waals surface area contributed by atoms with E-state index in [0.29, 0.717) is 6.04 Å². The summed E-state index contributed by atoms with van der Waals surface area (Å²) in [6.45, 7) is 11.1. The summed E-state index contributed by atoms with van der Waals surface area (Å²) in [4.78, 5) is 2.48. The molecule has 0 amide bonds. The number of nitrogens with zero attached hydrogens (tertiary/aromatic N) is 1. The third-order valence-electron chi connectivity index (χ3n) is 3.16. The minimum atomic E-state index is 0.624. The van der Waals surface area contributed by atoms with Crippen LogP contribution in [0.3, 0.4) is 0 Å². The summed E-state index contributed by atoms with van der Waals surface area (Å²) in [6, 6.07) is 0.624. The maximum absolute atomic E-state index is 5.32. The molecular weight excluding hydrogens is 188 g/mol. The monoisotopic (exact) mass is 214 g/mol. The standard InChI is InChI=1S/C12H26N2O/c1-3-14(4-2)9-6-5-8-13-12-7-10-15-11-12/h12-13H,3-11H2,1-2H3. The molecule has 0 aliphatic carbocycles. The van der Waals surface area contributed by atoms with Crippen molar-refractivity contribution >= 4 is 0 Å². The predicted octanol–water partition coefficient (Wildman–Crippen LogP) is 1.49. The number of rotatable bonds is 8. The molecule has 0 saturated carbocycles. The van der Waals surface area contributed by atoms with E-state index in [1.54, 1.807) is 0 Å². The Morgan fingerprint density at radius 3 is 2.67 bits per heavy atom. The quantitative estimate of drug-likeness (QED) is 0.620. The molecular formula is C12H26N2O. The van der Waals surface area contributed by atoms with Gasteiger partial charge in [-0.25, -0.2) is 0 Å². The molecule has 0 aromatic carbocycles. The predicted molar refractivity (Wildman–Crippen MR) is 64.2 cm³/mol. The van der Waals surface area contributed by atoms with Gasteiger partial charge in [0.15, 0.2) is 0 Å². The second-order valence-corrected chi connectivity index (χ2v) is 4.25. The van der Waals surface area contributed by atoms with Crippen molar-refractivity contribution in [2.75, 3.05) is 39.4 Å². The van der Waals surface area contributed by atoms with Crippen LogP contribution in [0.1, 0.15) is 33.1 Å². The molecule has 3 heteroatoms. The lowest BCUT2D eigenvalue weighted by Crippen LogP contribution is -2.31. The molecule has 0 spiro atoms. The van der Waals surface area contributed by atoms with Crippen molar-refractivity contribution in [2.24, 2.45) is 0 Å². The molecule has 0 bridgehead atoms. The Balaban J connectivity index is 1.87. The van der Waals surface area contributed by atoms with Crippen LogP contribution in [0, 0.1) is 0 Å². The average molecular weight is 214 g/mol. The lowest BCUT2D eigenvalue weighted by Gasteiger charge is -2.18. The molecule has 0 aromatic heterocycles. The Hall–Kier alpha value is -0.120. The fourth-order valence-electron chi connectivity index (χ4n) is 2.00. The third kappa shape index (κ3) is 5.50. The van der Waals surface area contributed by atoms with Crippen LogP contribution in [0.5, 0.6) is 0 Å². The van der Waals surface area contributed by atoms with Crippen LogP contribution >= 0.6 is 0 Å². The highest BCUT2D eigenvalue weighted by Gasteiger charge is 2.13. The highest BCUT2D eigenvalue weighted by atomic mass is 16.5. The normalized spacial score (nSPS) is 21.4. The van der Waals surface area contributed by atoms with Crippen molar-refractivity contribution in [3.8, 4) is 0 Å². The topological polar surface area (TPSA) is 24.5 Å². The SMILES string of the molecule is CCN(CC)CCCCNC1CCOC1. The van der Waals surface area contributed by atoms with E-state index in [1.165, 1.54) is 38.9 Å². The van der Waals surface area contributed by atoms with E-state index >= 15 is 0 Å². The minimum absolute atomic E-state index is 0.624. The third-order valence-corrected chi connectivity index (χ3v) is 3.16. The van der Waals surface area contributed by atoms with Gasteiger partial charge >= 0.3 is 0 Å². The van der Waals surface area contributed by atoms with Gasteiger partial charge in [0.25, 0.3) is 0 Å². The van der Waals surface area contributed by atoms with Gasteiger partial charge < -0.3 is 15.0 Å².